The zero-order valence-electron chi connectivity index (χ0n) is 10.5. The first kappa shape index (κ1) is 11.5. The Labute approximate surface area is 102 Å². The average molecular weight is 238 g/mol. The van der Waals surface area contributed by atoms with Crippen molar-refractivity contribution in [3.05, 3.63) is 0 Å². The van der Waals surface area contributed by atoms with Crippen molar-refractivity contribution in [2.75, 3.05) is 19.6 Å². The zero-order chi connectivity index (χ0) is 12.0. The highest BCUT2D eigenvalue weighted by Gasteiger charge is 2.48. The summed E-state index contributed by atoms with van der Waals surface area (Å²) >= 11 is 0. The van der Waals surface area contributed by atoms with E-state index >= 15 is 0 Å². The minimum atomic E-state index is -0.451. The largest absolute Gasteiger partial charge is 0.390 e. The van der Waals surface area contributed by atoms with E-state index in [0.717, 1.165) is 38.8 Å². The molecule has 17 heavy (non-hydrogen) atoms. The van der Waals surface area contributed by atoms with E-state index in [4.69, 9.17) is 0 Å². The minimum Gasteiger partial charge on any atom is -0.390 e. The maximum atomic E-state index is 11.8. The number of hydrogen-bond donors (Lipinski definition) is 2. The molecule has 2 aliphatic carbocycles. The fraction of sp³-hybridized carbons (Fsp3) is 0.923. The van der Waals surface area contributed by atoms with Crippen LogP contribution in [0.1, 0.15) is 32.6 Å². The summed E-state index contributed by atoms with van der Waals surface area (Å²) in [5, 5.41) is 13.2. The normalized spacial score (nSPS) is 46.4. The molecular weight excluding hydrogens is 216 g/mol. The number of hydrogen-bond acceptors (Lipinski definition) is 3. The Kier molecular flexibility index (Phi) is 2.67. The second-order valence-electron chi connectivity index (χ2n) is 6.31. The van der Waals surface area contributed by atoms with Gasteiger partial charge in [0.2, 0.25) is 5.91 Å². The van der Waals surface area contributed by atoms with Gasteiger partial charge in [0.15, 0.2) is 0 Å². The van der Waals surface area contributed by atoms with Crippen LogP contribution in [-0.4, -0.2) is 47.2 Å². The van der Waals surface area contributed by atoms with E-state index in [1.165, 1.54) is 0 Å². The lowest BCUT2D eigenvalue weighted by Crippen LogP contribution is -2.52. The summed E-state index contributed by atoms with van der Waals surface area (Å²) in [6, 6.07) is 0.440. The number of carbonyl (C=O) groups excluding carboxylic acids is 1. The highest BCUT2D eigenvalue weighted by atomic mass is 16.3. The fourth-order valence-corrected chi connectivity index (χ4v) is 4.15. The van der Waals surface area contributed by atoms with Gasteiger partial charge in [-0.2, -0.15) is 0 Å². The first-order valence-electron chi connectivity index (χ1n) is 6.78. The van der Waals surface area contributed by atoms with Crippen LogP contribution in [0.4, 0.5) is 0 Å². The van der Waals surface area contributed by atoms with Gasteiger partial charge in [-0.1, -0.05) is 0 Å². The van der Waals surface area contributed by atoms with Crippen LogP contribution in [0.25, 0.3) is 0 Å². The van der Waals surface area contributed by atoms with Gasteiger partial charge in [0.1, 0.15) is 0 Å². The first-order valence-corrected chi connectivity index (χ1v) is 6.78. The predicted molar refractivity (Wildman–Crippen MR) is 64.4 cm³/mol. The van der Waals surface area contributed by atoms with Crippen LogP contribution in [0.15, 0.2) is 0 Å². The molecule has 3 fully saturated rings. The monoisotopic (exact) mass is 238 g/mol. The molecule has 1 aliphatic heterocycles. The minimum absolute atomic E-state index is 0.257. The number of fused-ring (bicyclic) bond motifs is 1. The highest BCUT2D eigenvalue weighted by molar-refractivity contribution is 5.79. The third-order valence-corrected chi connectivity index (χ3v) is 4.79. The molecule has 4 atom stereocenters. The summed E-state index contributed by atoms with van der Waals surface area (Å²) in [5.74, 6) is 1.53. The standard InChI is InChI=1S/C13H22N2O2/c1-13(17)6-9-4-11(5-10(9)7-13)15-3-2-14-8-12(15)16/h9-11,14,17H,2-8H2,1H3/t9-,10+,11?,13?. The molecule has 0 bridgehead atoms. The van der Waals surface area contributed by atoms with Crippen LogP contribution in [0, 0.1) is 11.8 Å². The van der Waals surface area contributed by atoms with Crippen molar-refractivity contribution in [2.45, 2.75) is 44.2 Å². The molecule has 1 amide bonds. The Morgan fingerprint density at radius 1 is 1.35 bits per heavy atom. The first-order chi connectivity index (χ1) is 8.05. The quantitative estimate of drug-likeness (QED) is 0.693. The van der Waals surface area contributed by atoms with Gasteiger partial charge in [-0.25, -0.2) is 0 Å². The molecule has 0 aromatic rings. The van der Waals surface area contributed by atoms with Gasteiger partial charge in [0, 0.05) is 19.1 Å². The highest BCUT2D eigenvalue weighted by Crippen LogP contribution is 2.49. The number of carbonyl (C=O) groups is 1. The molecule has 2 unspecified atom stereocenters. The number of nitrogens with one attached hydrogen (secondary N) is 1. The van der Waals surface area contributed by atoms with E-state index in [0.29, 0.717) is 24.4 Å². The molecule has 4 nitrogen and oxygen atoms in total. The van der Waals surface area contributed by atoms with Gasteiger partial charge < -0.3 is 15.3 Å². The van der Waals surface area contributed by atoms with Crippen LogP contribution in [-0.2, 0) is 4.79 Å². The molecule has 3 rings (SSSR count). The van der Waals surface area contributed by atoms with Crippen molar-refractivity contribution >= 4 is 5.91 Å². The van der Waals surface area contributed by atoms with Crippen molar-refractivity contribution in [1.82, 2.24) is 10.2 Å². The Balaban J connectivity index is 1.64. The number of nitrogens with zero attached hydrogens (tertiary/aromatic N) is 1. The lowest BCUT2D eigenvalue weighted by Gasteiger charge is -2.33. The van der Waals surface area contributed by atoms with E-state index < -0.39 is 5.60 Å². The van der Waals surface area contributed by atoms with Crippen LogP contribution in [0.5, 0.6) is 0 Å². The summed E-state index contributed by atoms with van der Waals surface area (Å²) in [4.78, 5) is 13.9. The van der Waals surface area contributed by atoms with E-state index in [1.807, 2.05) is 6.92 Å². The lowest BCUT2D eigenvalue weighted by atomic mass is 9.99. The smallest absolute Gasteiger partial charge is 0.236 e. The van der Waals surface area contributed by atoms with Gasteiger partial charge in [-0.05, 0) is 44.4 Å². The van der Waals surface area contributed by atoms with Crippen LogP contribution < -0.4 is 5.32 Å². The Hall–Kier alpha value is -0.610. The molecule has 0 spiro atoms. The third kappa shape index (κ3) is 2.08. The van der Waals surface area contributed by atoms with Gasteiger partial charge >= 0.3 is 0 Å². The molecular formula is C13H22N2O2. The van der Waals surface area contributed by atoms with Crippen molar-refractivity contribution in [2.24, 2.45) is 11.8 Å². The zero-order valence-corrected chi connectivity index (χ0v) is 10.5. The molecule has 2 saturated carbocycles. The maximum absolute atomic E-state index is 11.8. The summed E-state index contributed by atoms with van der Waals surface area (Å²) in [6.45, 7) is 4.24. The average Bonchev–Trinajstić information content (AvgIpc) is 2.71. The Bertz CT molecular complexity index is 313. The Morgan fingerprint density at radius 2 is 2.00 bits per heavy atom. The number of rotatable bonds is 1. The predicted octanol–water partition coefficient (Wildman–Crippen LogP) is 0.358. The van der Waals surface area contributed by atoms with Crippen molar-refractivity contribution in [3.8, 4) is 0 Å². The van der Waals surface area contributed by atoms with E-state index in [9.17, 15) is 9.90 Å². The number of piperazine rings is 1. The molecule has 4 heteroatoms. The summed E-state index contributed by atoms with van der Waals surface area (Å²) in [5.41, 5.74) is -0.451. The molecule has 3 aliphatic rings. The molecule has 0 aromatic carbocycles. The number of amides is 1. The van der Waals surface area contributed by atoms with Crippen molar-refractivity contribution in [1.29, 1.82) is 0 Å². The molecule has 0 aromatic heterocycles. The van der Waals surface area contributed by atoms with Gasteiger partial charge in [0.05, 0.1) is 12.1 Å². The fourth-order valence-electron chi connectivity index (χ4n) is 4.15. The maximum Gasteiger partial charge on any atom is 0.236 e. The summed E-state index contributed by atoms with van der Waals surface area (Å²) < 4.78 is 0. The molecule has 96 valence electrons. The lowest BCUT2D eigenvalue weighted by molar-refractivity contribution is -0.134. The van der Waals surface area contributed by atoms with Gasteiger partial charge in [-0.3, -0.25) is 4.79 Å². The van der Waals surface area contributed by atoms with E-state index in [1.54, 1.807) is 0 Å². The van der Waals surface area contributed by atoms with Crippen LogP contribution in [0.3, 0.4) is 0 Å². The topological polar surface area (TPSA) is 52.6 Å². The SMILES string of the molecule is CC1(O)C[C@H]2CC(N3CCNCC3=O)C[C@H]2C1. The summed E-state index contributed by atoms with van der Waals surface area (Å²) in [6.07, 6.45) is 4.06. The molecule has 1 saturated heterocycles. The van der Waals surface area contributed by atoms with Crippen LogP contribution >= 0.6 is 0 Å². The van der Waals surface area contributed by atoms with Crippen molar-refractivity contribution < 1.29 is 9.90 Å². The van der Waals surface area contributed by atoms with E-state index in [-0.39, 0.29) is 5.91 Å². The second-order valence-corrected chi connectivity index (χ2v) is 6.31. The summed E-state index contributed by atoms with van der Waals surface area (Å²) in [7, 11) is 0. The molecule has 2 N–H and O–H groups in total. The Morgan fingerprint density at radius 3 is 2.59 bits per heavy atom. The molecule has 1 heterocycles. The van der Waals surface area contributed by atoms with Crippen molar-refractivity contribution in [3.63, 3.8) is 0 Å². The number of aliphatic hydroxyl groups is 1. The van der Waals surface area contributed by atoms with Crippen LogP contribution in [0.2, 0.25) is 0 Å². The second kappa shape index (κ2) is 3.95. The third-order valence-electron chi connectivity index (χ3n) is 4.79. The molecule has 0 radical (unpaired) electrons. The van der Waals surface area contributed by atoms with Gasteiger partial charge in [0.25, 0.3) is 0 Å². The van der Waals surface area contributed by atoms with Gasteiger partial charge in [-0.15, -0.1) is 0 Å². The van der Waals surface area contributed by atoms with E-state index in [2.05, 4.69) is 10.2 Å².